The second-order valence-corrected chi connectivity index (χ2v) is 6.47. The summed E-state index contributed by atoms with van der Waals surface area (Å²) >= 11 is 0. The van der Waals surface area contributed by atoms with E-state index in [1.54, 1.807) is 7.11 Å². The van der Waals surface area contributed by atoms with Gasteiger partial charge in [-0.05, 0) is 38.0 Å². The van der Waals surface area contributed by atoms with E-state index in [0.717, 1.165) is 25.2 Å². The molecule has 4 nitrogen and oxygen atoms in total. The minimum Gasteiger partial charge on any atom is -0.379 e. The average Bonchev–Trinajstić information content (AvgIpc) is 2.81. The van der Waals surface area contributed by atoms with Crippen molar-refractivity contribution in [3.8, 4) is 0 Å². The highest BCUT2D eigenvalue weighted by Crippen LogP contribution is 2.22. The largest absolute Gasteiger partial charge is 0.379 e. The highest BCUT2D eigenvalue weighted by Gasteiger charge is 2.17. The highest BCUT2D eigenvalue weighted by atomic mass is 16.5. The number of nitrogens with one attached hydrogen (secondary N) is 1. The second-order valence-electron chi connectivity index (χ2n) is 6.47. The van der Waals surface area contributed by atoms with Crippen molar-refractivity contribution in [3.05, 3.63) is 30.1 Å². The highest BCUT2D eigenvalue weighted by molar-refractivity contribution is 5.80. The number of aryl methyl sites for hydroxylation is 1. The van der Waals surface area contributed by atoms with E-state index in [2.05, 4.69) is 54.8 Å². The first kappa shape index (κ1) is 16.0. The molecule has 0 aliphatic rings. The van der Waals surface area contributed by atoms with Gasteiger partial charge in [-0.25, -0.2) is 4.98 Å². The maximum absolute atomic E-state index is 5.51. The summed E-state index contributed by atoms with van der Waals surface area (Å²) in [5, 5.41) is 4.72. The zero-order valence-electron chi connectivity index (χ0n) is 13.8. The van der Waals surface area contributed by atoms with Crippen LogP contribution in [0.5, 0.6) is 0 Å². The molecule has 0 aromatic carbocycles. The monoisotopic (exact) mass is 289 g/mol. The van der Waals surface area contributed by atoms with Crippen molar-refractivity contribution in [2.24, 2.45) is 0 Å². The van der Waals surface area contributed by atoms with Gasteiger partial charge in [-0.1, -0.05) is 13.8 Å². The zero-order valence-corrected chi connectivity index (χ0v) is 13.8. The first-order valence-corrected chi connectivity index (χ1v) is 7.64. The van der Waals surface area contributed by atoms with Gasteiger partial charge in [-0.15, -0.1) is 0 Å². The maximum Gasteiger partial charge on any atom is 0.140 e. The Bertz CT molecular complexity index is 587. The fourth-order valence-electron chi connectivity index (χ4n) is 2.31. The van der Waals surface area contributed by atoms with E-state index in [1.807, 2.05) is 12.3 Å². The third kappa shape index (κ3) is 4.05. The van der Waals surface area contributed by atoms with Crippen molar-refractivity contribution < 1.29 is 4.74 Å². The zero-order chi connectivity index (χ0) is 15.5. The average molecular weight is 289 g/mol. The first-order valence-electron chi connectivity index (χ1n) is 7.64. The SMILES string of the molecule is COC(C)(C)CCn1cc(CNC(C)C)c2cccnc21. The molecular formula is C17H27N3O. The fourth-order valence-corrected chi connectivity index (χ4v) is 2.31. The Morgan fingerprint density at radius 3 is 2.81 bits per heavy atom. The molecule has 0 fully saturated rings. The summed E-state index contributed by atoms with van der Waals surface area (Å²) < 4.78 is 7.75. The van der Waals surface area contributed by atoms with Crippen molar-refractivity contribution in [1.29, 1.82) is 0 Å². The molecule has 4 heteroatoms. The van der Waals surface area contributed by atoms with Gasteiger partial charge in [-0.2, -0.15) is 0 Å². The van der Waals surface area contributed by atoms with Crippen molar-refractivity contribution in [3.63, 3.8) is 0 Å². The Balaban J connectivity index is 2.23. The molecule has 0 amide bonds. The van der Waals surface area contributed by atoms with Crippen molar-refractivity contribution in [1.82, 2.24) is 14.9 Å². The lowest BCUT2D eigenvalue weighted by molar-refractivity contribution is 0.0123. The summed E-state index contributed by atoms with van der Waals surface area (Å²) in [6.07, 6.45) is 5.04. The first-order chi connectivity index (χ1) is 9.93. The van der Waals surface area contributed by atoms with Crippen molar-refractivity contribution in [2.45, 2.75) is 58.8 Å². The second kappa shape index (κ2) is 6.58. The molecule has 0 saturated carbocycles. The molecule has 2 aromatic heterocycles. The van der Waals surface area contributed by atoms with Gasteiger partial charge in [0.25, 0.3) is 0 Å². The molecule has 2 aromatic rings. The lowest BCUT2D eigenvalue weighted by Crippen LogP contribution is -2.24. The normalized spacial score (nSPS) is 12.5. The molecule has 0 atom stereocenters. The Hall–Kier alpha value is -1.39. The van der Waals surface area contributed by atoms with E-state index in [4.69, 9.17) is 4.74 Å². The number of methoxy groups -OCH3 is 1. The molecule has 0 aliphatic heterocycles. The fraction of sp³-hybridized carbons (Fsp3) is 0.588. The molecule has 0 saturated heterocycles. The van der Waals surface area contributed by atoms with Gasteiger partial charge < -0.3 is 14.6 Å². The molecule has 1 N–H and O–H groups in total. The van der Waals surface area contributed by atoms with E-state index >= 15 is 0 Å². The Kier molecular flexibility index (Phi) is 5.01. The van der Waals surface area contributed by atoms with Crippen molar-refractivity contribution in [2.75, 3.05) is 7.11 Å². The van der Waals surface area contributed by atoms with Crippen LogP contribution in [-0.4, -0.2) is 28.3 Å². The van der Waals surface area contributed by atoms with Crippen LogP contribution in [0.15, 0.2) is 24.5 Å². The molecule has 0 bridgehead atoms. The minimum absolute atomic E-state index is 0.109. The van der Waals surface area contributed by atoms with E-state index in [1.165, 1.54) is 10.9 Å². The third-order valence-electron chi connectivity index (χ3n) is 3.92. The van der Waals surface area contributed by atoms with E-state index in [0.29, 0.717) is 6.04 Å². The number of rotatable bonds is 7. The molecule has 2 heterocycles. The van der Waals surface area contributed by atoms with Crippen LogP contribution in [0.2, 0.25) is 0 Å². The number of nitrogens with zero attached hydrogens (tertiary/aromatic N) is 2. The summed E-state index contributed by atoms with van der Waals surface area (Å²) in [4.78, 5) is 4.55. The van der Waals surface area contributed by atoms with E-state index < -0.39 is 0 Å². The van der Waals surface area contributed by atoms with Crippen LogP contribution in [0.3, 0.4) is 0 Å². The Morgan fingerprint density at radius 1 is 1.38 bits per heavy atom. The van der Waals surface area contributed by atoms with Gasteiger partial charge in [0, 0.05) is 44.0 Å². The Labute approximate surface area is 127 Å². The molecule has 0 aliphatic carbocycles. The predicted octanol–water partition coefficient (Wildman–Crippen LogP) is 3.35. The molecule has 2 rings (SSSR count). The number of ether oxygens (including phenoxy) is 1. The smallest absolute Gasteiger partial charge is 0.140 e. The van der Waals surface area contributed by atoms with E-state index in [-0.39, 0.29) is 5.60 Å². The summed E-state index contributed by atoms with van der Waals surface area (Å²) in [5.74, 6) is 0. The summed E-state index contributed by atoms with van der Waals surface area (Å²) in [7, 11) is 1.77. The number of aromatic nitrogens is 2. The summed E-state index contributed by atoms with van der Waals surface area (Å²) in [6, 6.07) is 4.63. The predicted molar refractivity (Wildman–Crippen MR) is 87.4 cm³/mol. The summed E-state index contributed by atoms with van der Waals surface area (Å²) in [6.45, 7) is 10.4. The number of hydrogen-bond acceptors (Lipinski definition) is 3. The van der Waals surface area contributed by atoms with Crippen LogP contribution in [0.25, 0.3) is 11.0 Å². The van der Waals surface area contributed by atoms with Crippen LogP contribution in [0.1, 0.15) is 39.7 Å². The topological polar surface area (TPSA) is 39.1 Å². The quantitative estimate of drug-likeness (QED) is 0.849. The summed E-state index contributed by atoms with van der Waals surface area (Å²) in [5.41, 5.74) is 2.26. The van der Waals surface area contributed by atoms with Gasteiger partial charge in [0.1, 0.15) is 5.65 Å². The van der Waals surface area contributed by atoms with Gasteiger partial charge in [0.05, 0.1) is 5.60 Å². The van der Waals surface area contributed by atoms with Gasteiger partial charge >= 0.3 is 0 Å². The molecular weight excluding hydrogens is 262 g/mol. The van der Waals surface area contributed by atoms with Crippen LogP contribution >= 0.6 is 0 Å². The van der Waals surface area contributed by atoms with Crippen LogP contribution in [0.4, 0.5) is 0 Å². The van der Waals surface area contributed by atoms with E-state index in [9.17, 15) is 0 Å². The van der Waals surface area contributed by atoms with Crippen LogP contribution in [-0.2, 0) is 17.8 Å². The van der Waals surface area contributed by atoms with Crippen molar-refractivity contribution >= 4 is 11.0 Å². The molecule has 0 radical (unpaired) electrons. The lowest BCUT2D eigenvalue weighted by Gasteiger charge is -2.23. The molecule has 0 unspecified atom stereocenters. The van der Waals surface area contributed by atoms with Gasteiger partial charge in [0.2, 0.25) is 0 Å². The number of pyridine rings is 1. The van der Waals surface area contributed by atoms with Crippen LogP contribution < -0.4 is 5.32 Å². The standard InChI is InChI=1S/C17H27N3O/c1-13(2)19-11-14-12-20(10-8-17(3,4)21-5)16-15(14)7-6-9-18-16/h6-7,9,12-13,19H,8,10-11H2,1-5H3. The lowest BCUT2D eigenvalue weighted by atomic mass is 10.1. The molecule has 21 heavy (non-hydrogen) atoms. The van der Waals surface area contributed by atoms with Crippen LogP contribution in [0, 0.1) is 0 Å². The Morgan fingerprint density at radius 2 is 2.14 bits per heavy atom. The van der Waals surface area contributed by atoms with Gasteiger partial charge in [0.15, 0.2) is 0 Å². The van der Waals surface area contributed by atoms with Gasteiger partial charge in [-0.3, -0.25) is 0 Å². The number of hydrogen-bond donors (Lipinski definition) is 1. The maximum atomic E-state index is 5.51. The minimum atomic E-state index is -0.109. The molecule has 0 spiro atoms. The molecule has 116 valence electrons. The third-order valence-corrected chi connectivity index (χ3v) is 3.92. The number of fused-ring (bicyclic) bond motifs is 1.